The standard InChI is InChI=1S/C50H74N12O15S/c1-26(2)41(50(76)77)61-48(74)38-7-5-21-62(38)49(75)36(23-28-10-14-30(65)15-11-28)59-47(73)37(24-63)60-43(69)32(6-3-4-20-51)56-46(72)35(22-27-8-12-29(64)13-9-27)58-45(71)34(17-19-40(54)67)57-44(70)33(16-18-39(53)66)55-42(68)31(52)25-78/h8-15,26,31-38,41,63-65,78H,3-7,16-25,51-52H2,1-2H3,(H2,53,66)(H2,54,67)(H,55,68)(H,56,72)(H,57,70)(H,58,71)(H,59,73)(H,60,69)(H,61,74)(H,76,77)/t31-,32-,33-,34-,35-,36-,37-,38-,41-/m0/s1. The number of aliphatic carboxylic acids is 1. The highest BCUT2D eigenvalue weighted by atomic mass is 32.1. The number of carbonyl (C=O) groups excluding carboxylic acids is 10. The Balaban J connectivity index is 1.95. The fraction of sp³-hybridized carbons (Fsp3) is 0.540. The summed E-state index contributed by atoms with van der Waals surface area (Å²) < 4.78 is 0. The number of phenolic OH excluding ortho intramolecular Hbond substituents is 2. The van der Waals surface area contributed by atoms with Gasteiger partial charge in [0, 0.05) is 38.0 Å². The van der Waals surface area contributed by atoms with Crippen LogP contribution in [0.2, 0.25) is 0 Å². The number of rotatable bonds is 33. The van der Waals surface area contributed by atoms with E-state index in [1.165, 1.54) is 53.4 Å². The van der Waals surface area contributed by atoms with E-state index in [1.807, 2.05) is 0 Å². The molecule has 10 amide bonds. The first-order chi connectivity index (χ1) is 36.9. The predicted octanol–water partition coefficient (Wildman–Crippen LogP) is -4.08. The molecule has 1 aliphatic rings. The molecule has 78 heavy (non-hydrogen) atoms. The van der Waals surface area contributed by atoms with Gasteiger partial charge in [-0.05, 0) is 92.8 Å². The number of benzene rings is 2. The van der Waals surface area contributed by atoms with E-state index >= 15 is 0 Å². The zero-order chi connectivity index (χ0) is 58.2. The first-order valence-corrected chi connectivity index (χ1v) is 26.0. The fourth-order valence-corrected chi connectivity index (χ4v) is 8.37. The number of carbonyl (C=O) groups is 11. The molecule has 1 aliphatic heterocycles. The molecule has 1 heterocycles. The van der Waals surface area contributed by atoms with Crippen molar-refractivity contribution in [1.82, 2.24) is 42.1 Å². The highest BCUT2D eigenvalue weighted by molar-refractivity contribution is 7.80. The van der Waals surface area contributed by atoms with Crippen molar-refractivity contribution >= 4 is 77.7 Å². The second-order valence-corrected chi connectivity index (χ2v) is 19.5. The van der Waals surface area contributed by atoms with Gasteiger partial charge in [0.2, 0.25) is 59.1 Å². The molecule has 9 atom stereocenters. The van der Waals surface area contributed by atoms with Crippen LogP contribution >= 0.6 is 12.6 Å². The second kappa shape index (κ2) is 32.2. The molecule has 430 valence electrons. The number of carboxylic acid groups (broad SMARTS) is 1. The van der Waals surface area contributed by atoms with Gasteiger partial charge in [0.1, 0.15) is 59.8 Å². The van der Waals surface area contributed by atoms with E-state index in [1.54, 1.807) is 13.8 Å². The second-order valence-electron chi connectivity index (χ2n) is 19.1. The molecule has 1 fully saturated rings. The van der Waals surface area contributed by atoms with Crippen LogP contribution in [-0.4, -0.2) is 170 Å². The number of primary amides is 2. The number of hydrogen-bond donors (Lipinski definition) is 16. The number of carboxylic acids is 1. The number of unbranched alkanes of at least 4 members (excludes halogenated alkanes) is 1. The topological polar surface area (TPSA) is 460 Å². The molecule has 0 unspecified atom stereocenters. The number of hydrogen-bond acceptors (Lipinski definition) is 17. The summed E-state index contributed by atoms with van der Waals surface area (Å²) in [5.74, 6) is -11.2. The Morgan fingerprint density at radius 2 is 1.04 bits per heavy atom. The third-order valence-corrected chi connectivity index (χ3v) is 13.0. The minimum atomic E-state index is -1.77. The van der Waals surface area contributed by atoms with Crippen molar-refractivity contribution in [2.45, 2.75) is 139 Å². The SMILES string of the molecule is CC(C)[C@H](NC(=O)[C@@H]1CCCN1C(=O)[C@H](Cc1ccc(O)cc1)NC(=O)[C@H](CO)NC(=O)[C@H](CCCCN)NC(=O)[C@H](Cc1ccc(O)cc1)NC(=O)[C@H](CCC(N)=O)NC(=O)[C@H](CCC(N)=O)NC(=O)[C@@H](N)CS)C(=O)O. The number of amides is 10. The van der Waals surface area contributed by atoms with Crippen LogP contribution in [0, 0.1) is 5.92 Å². The maximum Gasteiger partial charge on any atom is 0.326 e. The lowest BCUT2D eigenvalue weighted by Crippen LogP contribution is -2.61. The van der Waals surface area contributed by atoms with Crippen molar-refractivity contribution < 1.29 is 73.2 Å². The zero-order valence-corrected chi connectivity index (χ0v) is 44.4. The lowest BCUT2D eigenvalue weighted by atomic mass is 10.0. The molecule has 0 saturated carbocycles. The molecule has 3 rings (SSSR count). The highest BCUT2D eigenvalue weighted by Gasteiger charge is 2.41. The Labute approximate surface area is 455 Å². The van der Waals surface area contributed by atoms with Gasteiger partial charge in [-0.25, -0.2) is 4.79 Å². The summed E-state index contributed by atoms with van der Waals surface area (Å²) in [4.78, 5) is 148. The number of aliphatic hydroxyl groups excluding tert-OH is 1. The number of aromatic hydroxyl groups is 2. The Bertz CT molecular complexity index is 2420. The highest BCUT2D eigenvalue weighted by Crippen LogP contribution is 2.22. The molecular weight excluding hydrogens is 1040 g/mol. The lowest BCUT2D eigenvalue weighted by Gasteiger charge is -2.31. The molecule has 0 spiro atoms. The van der Waals surface area contributed by atoms with Gasteiger partial charge in [0.25, 0.3) is 0 Å². The predicted molar refractivity (Wildman–Crippen MR) is 283 cm³/mol. The molecule has 2 aromatic rings. The molecule has 27 nitrogen and oxygen atoms in total. The van der Waals surface area contributed by atoms with Crippen LogP contribution in [0.4, 0.5) is 0 Å². The molecule has 19 N–H and O–H groups in total. The number of likely N-dealkylation sites (tertiary alicyclic amines) is 1. The molecule has 0 radical (unpaired) electrons. The smallest absolute Gasteiger partial charge is 0.326 e. The summed E-state index contributed by atoms with van der Waals surface area (Å²) in [6, 6.07) is -1.79. The van der Waals surface area contributed by atoms with Crippen LogP contribution in [0.5, 0.6) is 11.5 Å². The molecule has 0 aliphatic carbocycles. The molecule has 0 bridgehead atoms. The maximum atomic E-state index is 14.4. The molecule has 1 saturated heterocycles. The third kappa shape index (κ3) is 21.1. The van der Waals surface area contributed by atoms with Crippen molar-refractivity contribution in [3.05, 3.63) is 59.7 Å². The first kappa shape index (κ1) is 64.7. The van der Waals surface area contributed by atoms with Crippen molar-refractivity contribution in [2.24, 2.45) is 28.9 Å². The summed E-state index contributed by atoms with van der Waals surface area (Å²) in [5.41, 5.74) is 23.0. The lowest BCUT2D eigenvalue weighted by molar-refractivity contribution is -0.146. The Morgan fingerprint density at radius 1 is 0.615 bits per heavy atom. The van der Waals surface area contributed by atoms with E-state index in [-0.39, 0.29) is 75.3 Å². The summed E-state index contributed by atoms with van der Waals surface area (Å²) in [6.07, 6.45) is -1.12. The maximum absolute atomic E-state index is 14.4. The van der Waals surface area contributed by atoms with Crippen molar-refractivity contribution in [2.75, 3.05) is 25.4 Å². The van der Waals surface area contributed by atoms with Gasteiger partial charge in [-0.2, -0.15) is 12.6 Å². The van der Waals surface area contributed by atoms with Crippen LogP contribution in [0.3, 0.4) is 0 Å². The monoisotopic (exact) mass is 1110 g/mol. The van der Waals surface area contributed by atoms with Crippen molar-refractivity contribution in [3.63, 3.8) is 0 Å². The van der Waals surface area contributed by atoms with E-state index in [9.17, 15) is 73.2 Å². The number of nitrogens with two attached hydrogens (primary N) is 4. The van der Waals surface area contributed by atoms with Crippen molar-refractivity contribution in [1.29, 1.82) is 0 Å². The van der Waals surface area contributed by atoms with Gasteiger partial charge in [-0.15, -0.1) is 0 Å². The quantitative estimate of drug-likeness (QED) is 0.0239. The van der Waals surface area contributed by atoms with Gasteiger partial charge in [-0.3, -0.25) is 47.9 Å². The van der Waals surface area contributed by atoms with Gasteiger partial charge in [0.05, 0.1) is 12.6 Å². The van der Waals surface area contributed by atoms with Gasteiger partial charge in [-0.1, -0.05) is 38.1 Å². The molecule has 28 heteroatoms. The van der Waals surface area contributed by atoms with Crippen LogP contribution in [0.1, 0.15) is 82.8 Å². The number of phenols is 2. The molecule has 2 aromatic carbocycles. The Hall–Kier alpha value is -7.56. The summed E-state index contributed by atoms with van der Waals surface area (Å²) >= 11 is 3.98. The van der Waals surface area contributed by atoms with Crippen LogP contribution in [0.15, 0.2) is 48.5 Å². The first-order valence-electron chi connectivity index (χ1n) is 25.3. The Morgan fingerprint density at radius 3 is 1.49 bits per heavy atom. The summed E-state index contributed by atoms with van der Waals surface area (Å²) in [6.45, 7) is 2.40. The summed E-state index contributed by atoms with van der Waals surface area (Å²) in [5, 5.41) is 57.5. The van der Waals surface area contributed by atoms with Crippen molar-refractivity contribution in [3.8, 4) is 11.5 Å². The van der Waals surface area contributed by atoms with Crippen LogP contribution in [-0.2, 0) is 65.6 Å². The third-order valence-electron chi connectivity index (χ3n) is 12.6. The normalized spacial score (nSPS) is 16.1. The van der Waals surface area contributed by atoms with Gasteiger partial charge in [0.15, 0.2) is 0 Å². The largest absolute Gasteiger partial charge is 0.508 e. The Kier molecular flexibility index (Phi) is 26.8. The average molecular weight is 1120 g/mol. The van der Waals surface area contributed by atoms with E-state index in [2.05, 4.69) is 49.8 Å². The van der Waals surface area contributed by atoms with E-state index in [0.717, 1.165) is 0 Å². The minimum absolute atomic E-state index is 0.0601. The molecule has 0 aromatic heterocycles. The van der Waals surface area contributed by atoms with Gasteiger partial charge < -0.3 is 85.5 Å². The number of nitrogens with one attached hydrogen (secondary N) is 7. The zero-order valence-electron chi connectivity index (χ0n) is 43.5. The van der Waals surface area contributed by atoms with Crippen LogP contribution in [0.25, 0.3) is 0 Å². The molecular formula is C50H74N12O15S. The minimum Gasteiger partial charge on any atom is -0.508 e. The number of nitrogens with zero attached hydrogens (tertiary/aromatic N) is 1. The number of thiol groups is 1. The van der Waals surface area contributed by atoms with Gasteiger partial charge >= 0.3 is 5.97 Å². The van der Waals surface area contributed by atoms with Crippen LogP contribution < -0.4 is 60.2 Å². The fourth-order valence-electron chi connectivity index (χ4n) is 8.20. The number of aliphatic hydroxyl groups is 1. The van der Waals surface area contributed by atoms with E-state index < -0.39 is 145 Å². The summed E-state index contributed by atoms with van der Waals surface area (Å²) in [7, 11) is 0. The van der Waals surface area contributed by atoms with E-state index in [0.29, 0.717) is 24.0 Å². The average Bonchev–Trinajstić information content (AvgIpc) is 3.91. The van der Waals surface area contributed by atoms with E-state index in [4.69, 9.17) is 22.9 Å².